The topological polar surface area (TPSA) is 56.8 Å². The highest BCUT2D eigenvalue weighted by atomic mass is 16.5. The van der Waals surface area contributed by atoms with Crippen molar-refractivity contribution in [2.24, 2.45) is 0 Å². The van der Waals surface area contributed by atoms with Gasteiger partial charge in [-0.3, -0.25) is 4.79 Å². The van der Waals surface area contributed by atoms with Crippen molar-refractivity contribution in [3.63, 3.8) is 0 Å². The molecule has 0 saturated carbocycles. The van der Waals surface area contributed by atoms with Gasteiger partial charge in [-0.05, 0) is 48.9 Å². The summed E-state index contributed by atoms with van der Waals surface area (Å²) in [6.07, 6.45) is 2.05. The number of hydrogen-bond donors (Lipinski definition) is 1. The molecule has 0 spiro atoms. The lowest BCUT2D eigenvalue weighted by molar-refractivity contribution is 0.102. The first-order valence-corrected chi connectivity index (χ1v) is 10.2. The van der Waals surface area contributed by atoms with Crippen LogP contribution in [0.3, 0.4) is 0 Å². The van der Waals surface area contributed by atoms with Gasteiger partial charge in [0.05, 0.1) is 6.61 Å². The highest BCUT2D eigenvalue weighted by molar-refractivity contribution is 6.04. The van der Waals surface area contributed by atoms with Gasteiger partial charge in [-0.25, -0.2) is 0 Å². The Labute approximate surface area is 177 Å². The monoisotopic (exact) mass is 405 g/mol. The molecule has 0 aliphatic rings. The molecule has 30 heavy (non-hydrogen) atoms. The van der Waals surface area contributed by atoms with Crippen molar-refractivity contribution in [2.45, 2.75) is 19.8 Å². The van der Waals surface area contributed by atoms with E-state index in [-0.39, 0.29) is 5.91 Å². The zero-order chi connectivity index (χ0) is 21.0. The van der Waals surface area contributed by atoms with Gasteiger partial charge in [-0.2, -0.15) is 0 Å². The third-order valence-electron chi connectivity index (χ3n) is 4.32. The molecule has 5 nitrogen and oxygen atoms in total. The second kappa shape index (κ2) is 11.5. The van der Waals surface area contributed by atoms with Crippen LogP contribution in [0.5, 0.6) is 17.2 Å². The minimum absolute atomic E-state index is 0.194. The summed E-state index contributed by atoms with van der Waals surface area (Å²) >= 11 is 0. The number of amides is 1. The normalized spacial score (nSPS) is 10.3. The molecule has 0 radical (unpaired) electrons. The Kier molecular flexibility index (Phi) is 8.15. The summed E-state index contributed by atoms with van der Waals surface area (Å²) < 4.78 is 17.0. The first-order valence-electron chi connectivity index (χ1n) is 10.2. The number of unbranched alkanes of at least 4 members (excludes halogenated alkanes) is 1. The molecule has 0 aromatic heterocycles. The smallest absolute Gasteiger partial charge is 0.255 e. The summed E-state index contributed by atoms with van der Waals surface area (Å²) in [5.74, 6) is 1.98. The number of carbonyl (C=O) groups is 1. The maximum atomic E-state index is 12.6. The van der Waals surface area contributed by atoms with E-state index in [1.165, 1.54) is 0 Å². The second-order valence-electron chi connectivity index (χ2n) is 6.72. The van der Waals surface area contributed by atoms with E-state index in [2.05, 4.69) is 12.2 Å². The fourth-order valence-electron chi connectivity index (χ4n) is 2.76. The molecule has 1 N–H and O–H groups in total. The summed E-state index contributed by atoms with van der Waals surface area (Å²) in [4.78, 5) is 12.6. The number of para-hydroxylation sites is 1. The van der Waals surface area contributed by atoms with Crippen LogP contribution >= 0.6 is 0 Å². The number of carbonyl (C=O) groups excluding carboxylic acids is 1. The maximum absolute atomic E-state index is 12.6. The molecule has 156 valence electrons. The van der Waals surface area contributed by atoms with Crippen LogP contribution in [-0.4, -0.2) is 25.7 Å². The molecule has 0 atom stereocenters. The van der Waals surface area contributed by atoms with Crippen LogP contribution in [0.15, 0.2) is 78.9 Å². The fraction of sp³-hybridized carbons (Fsp3) is 0.240. The number of anilines is 1. The third kappa shape index (κ3) is 6.85. The van der Waals surface area contributed by atoms with E-state index in [4.69, 9.17) is 14.2 Å². The zero-order valence-corrected chi connectivity index (χ0v) is 17.2. The van der Waals surface area contributed by atoms with Crippen LogP contribution in [0.1, 0.15) is 30.1 Å². The molecule has 0 aliphatic carbocycles. The molecule has 0 heterocycles. The molecule has 0 saturated heterocycles. The van der Waals surface area contributed by atoms with Crippen LogP contribution in [0.4, 0.5) is 5.69 Å². The summed E-state index contributed by atoms with van der Waals surface area (Å²) in [6.45, 7) is 3.60. The van der Waals surface area contributed by atoms with Crippen LogP contribution < -0.4 is 19.5 Å². The van der Waals surface area contributed by atoms with E-state index >= 15 is 0 Å². The van der Waals surface area contributed by atoms with E-state index in [9.17, 15) is 4.79 Å². The first kappa shape index (κ1) is 21.2. The van der Waals surface area contributed by atoms with Gasteiger partial charge in [0, 0.05) is 17.3 Å². The van der Waals surface area contributed by atoms with Crippen molar-refractivity contribution in [3.8, 4) is 17.2 Å². The largest absolute Gasteiger partial charge is 0.494 e. The van der Waals surface area contributed by atoms with Gasteiger partial charge in [0.25, 0.3) is 5.91 Å². The predicted octanol–water partition coefficient (Wildman–Crippen LogP) is 5.58. The van der Waals surface area contributed by atoms with Crippen molar-refractivity contribution in [3.05, 3.63) is 84.4 Å². The third-order valence-corrected chi connectivity index (χ3v) is 4.32. The molecular weight excluding hydrogens is 378 g/mol. The molecule has 0 fully saturated rings. The van der Waals surface area contributed by atoms with Gasteiger partial charge in [0.2, 0.25) is 0 Å². The summed E-state index contributed by atoms with van der Waals surface area (Å²) in [6, 6.07) is 24.1. The lowest BCUT2D eigenvalue weighted by Gasteiger charge is -2.11. The minimum Gasteiger partial charge on any atom is -0.494 e. The van der Waals surface area contributed by atoms with E-state index in [1.807, 2.05) is 60.7 Å². The van der Waals surface area contributed by atoms with E-state index in [1.54, 1.807) is 18.2 Å². The van der Waals surface area contributed by atoms with Crippen molar-refractivity contribution in [1.82, 2.24) is 0 Å². The number of benzene rings is 3. The number of nitrogens with one attached hydrogen (secondary N) is 1. The number of rotatable bonds is 11. The Morgan fingerprint density at radius 3 is 2.13 bits per heavy atom. The molecule has 1 amide bonds. The van der Waals surface area contributed by atoms with Gasteiger partial charge in [-0.15, -0.1) is 0 Å². The predicted molar refractivity (Wildman–Crippen MR) is 119 cm³/mol. The van der Waals surface area contributed by atoms with Gasteiger partial charge in [0.1, 0.15) is 30.5 Å². The van der Waals surface area contributed by atoms with Crippen molar-refractivity contribution in [2.75, 3.05) is 25.1 Å². The minimum atomic E-state index is -0.194. The molecular formula is C25H27NO4. The fourth-order valence-corrected chi connectivity index (χ4v) is 2.76. The Hall–Kier alpha value is -3.47. The lowest BCUT2D eigenvalue weighted by Crippen LogP contribution is -2.12. The van der Waals surface area contributed by atoms with Gasteiger partial charge < -0.3 is 19.5 Å². The Morgan fingerprint density at radius 2 is 1.37 bits per heavy atom. The number of hydrogen-bond acceptors (Lipinski definition) is 4. The van der Waals surface area contributed by atoms with Gasteiger partial charge in [-0.1, -0.05) is 43.7 Å². The number of ether oxygens (including phenoxy) is 3. The maximum Gasteiger partial charge on any atom is 0.255 e. The highest BCUT2D eigenvalue weighted by Crippen LogP contribution is 2.20. The molecule has 5 heteroatoms. The summed E-state index contributed by atoms with van der Waals surface area (Å²) in [5.41, 5.74) is 1.21. The second-order valence-corrected chi connectivity index (χ2v) is 6.72. The molecule has 3 rings (SSSR count). The van der Waals surface area contributed by atoms with Crippen LogP contribution in [0, 0.1) is 0 Å². The zero-order valence-electron chi connectivity index (χ0n) is 17.2. The van der Waals surface area contributed by atoms with E-state index < -0.39 is 0 Å². The average Bonchev–Trinajstić information content (AvgIpc) is 2.78. The van der Waals surface area contributed by atoms with Crippen LogP contribution in [0.2, 0.25) is 0 Å². The molecule has 3 aromatic carbocycles. The molecule has 3 aromatic rings. The van der Waals surface area contributed by atoms with E-state index in [0.717, 1.165) is 18.6 Å². The van der Waals surface area contributed by atoms with Crippen LogP contribution in [-0.2, 0) is 0 Å². The Morgan fingerprint density at radius 1 is 0.733 bits per heavy atom. The summed E-state index contributed by atoms with van der Waals surface area (Å²) in [5, 5.41) is 2.90. The SMILES string of the molecule is CCCCOc1cccc(C(=O)Nc2cccc(OCCOc3ccccc3)c2)c1. The van der Waals surface area contributed by atoms with Crippen molar-refractivity contribution < 1.29 is 19.0 Å². The summed E-state index contributed by atoms with van der Waals surface area (Å²) in [7, 11) is 0. The standard InChI is InChI=1S/C25H27NO4/c1-2-3-15-28-23-13-7-9-20(18-23)25(27)26-21-10-8-14-24(19-21)30-17-16-29-22-11-5-4-6-12-22/h4-14,18-19H,2-3,15-17H2,1H3,(H,26,27). The van der Waals surface area contributed by atoms with Gasteiger partial charge >= 0.3 is 0 Å². The lowest BCUT2D eigenvalue weighted by atomic mass is 10.2. The first-order chi connectivity index (χ1) is 14.7. The molecule has 0 aliphatic heterocycles. The molecule has 0 unspecified atom stereocenters. The average molecular weight is 405 g/mol. The van der Waals surface area contributed by atoms with E-state index in [0.29, 0.717) is 42.6 Å². The van der Waals surface area contributed by atoms with Crippen molar-refractivity contribution >= 4 is 11.6 Å². The Bertz CT molecular complexity index is 927. The van der Waals surface area contributed by atoms with Crippen LogP contribution in [0.25, 0.3) is 0 Å². The van der Waals surface area contributed by atoms with Crippen molar-refractivity contribution in [1.29, 1.82) is 0 Å². The quantitative estimate of drug-likeness (QED) is 0.423. The highest BCUT2D eigenvalue weighted by Gasteiger charge is 2.08. The van der Waals surface area contributed by atoms with Gasteiger partial charge in [0.15, 0.2) is 0 Å². The molecule has 0 bridgehead atoms. The Balaban J connectivity index is 1.50.